The van der Waals surface area contributed by atoms with Gasteiger partial charge in [0.15, 0.2) is 6.61 Å². The van der Waals surface area contributed by atoms with Crippen molar-refractivity contribution in [3.63, 3.8) is 0 Å². The molecule has 0 aliphatic carbocycles. The van der Waals surface area contributed by atoms with Crippen molar-refractivity contribution in [1.82, 2.24) is 0 Å². The van der Waals surface area contributed by atoms with Crippen molar-refractivity contribution < 1.29 is 23.1 Å². The molecule has 26 heavy (non-hydrogen) atoms. The number of esters is 1. The Bertz CT molecular complexity index is 761. The summed E-state index contributed by atoms with van der Waals surface area (Å²) in [5.41, 5.74) is 0.315. The molecule has 0 unspecified atom stereocenters. The van der Waals surface area contributed by atoms with Crippen molar-refractivity contribution >= 4 is 23.3 Å². The summed E-state index contributed by atoms with van der Waals surface area (Å²) < 4.78 is 32.0. The third-order valence-corrected chi connectivity index (χ3v) is 3.55. The molecule has 0 saturated carbocycles. The minimum atomic E-state index is -0.907. The highest BCUT2D eigenvalue weighted by Gasteiger charge is 2.16. The van der Waals surface area contributed by atoms with E-state index >= 15 is 0 Å². The predicted molar refractivity (Wildman–Crippen MR) is 95.1 cm³/mol. The van der Waals surface area contributed by atoms with Crippen LogP contribution in [0, 0.1) is 11.6 Å². The maximum absolute atomic E-state index is 13.5. The van der Waals surface area contributed by atoms with E-state index < -0.39 is 35.8 Å². The number of nitrogens with one attached hydrogen (secondary N) is 2. The van der Waals surface area contributed by atoms with Crippen LogP contribution in [0.3, 0.4) is 0 Å². The maximum atomic E-state index is 13.5. The molecule has 0 fully saturated rings. The molecule has 0 heterocycles. The van der Waals surface area contributed by atoms with Gasteiger partial charge >= 0.3 is 5.97 Å². The highest BCUT2D eigenvalue weighted by Crippen LogP contribution is 2.18. The van der Waals surface area contributed by atoms with Crippen LogP contribution < -0.4 is 10.6 Å². The number of amides is 1. The van der Waals surface area contributed by atoms with Crippen LogP contribution in [-0.2, 0) is 9.53 Å². The second-order valence-corrected chi connectivity index (χ2v) is 5.55. The standard InChI is InChI=1S/C19H20F2N2O3/c1-2-3-11-22-16-10-5-4-7-13(16)19(25)26-12-17(24)23-18-14(20)8-6-9-15(18)21/h4-10,22H,2-3,11-12H2,1H3,(H,23,24). The Morgan fingerprint density at radius 3 is 2.42 bits per heavy atom. The summed E-state index contributed by atoms with van der Waals surface area (Å²) in [5.74, 6) is -3.35. The van der Waals surface area contributed by atoms with E-state index in [2.05, 4.69) is 17.6 Å². The average molecular weight is 362 g/mol. The van der Waals surface area contributed by atoms with E-state index in [4.69, 9.17) is 4.74 Å². The Hall–Kier alpha value is -2.96. The number of ether oxygens (including phenoxy) is 1. The number of para-hydroxylation sites is 2. The SMILES string of the molecule is CCCCNc1ccccc1C(=O)OCC(=O)Nc1c(F)cccc1F. The Kier molecular flexibility index (Phi) is 7.08. The van der Waals surface area contributed by atoms with Crippen molar-refractivity contribution in [2.24, 2.45) is 0 Å². The second kappa shape index (κ2) is 9.50. The number of hydrogen-bond donors (Lipinski definition) is 2. The molecular weight excluding hydrogens is 342 g/mol. The number of hydrogen-bond acceptors (Lipinski definition) is 4. The maximum Gasteiger partial charge on any atom is 0.340 e. The third-order valence-electron chi connectivity index (χ3n) is 3.55. The van der Waals surface area contributed by atoms with Gasteiger partial charge in [0.05, 0.1) is 5.56 Å². The van der Waals surface area contributed by atoms with Gasteiger partial charge in [-0.15, -0.1) is 0 Å². The van der Waals surface area contributed by atoms with Crippen LogP contribution in [-0.4, -0.2) is 25.0 Å². The van der Waals surface area contributed by atoms with E-state index in [9.17, 15) is 18.4 Å². The van der Waals surface area contributed by atoms with Crippen LogP contribution in [0.1, 0.15) is 30.1 Å². The summed E-state index contributed by atoms with van der Waals surface area (Å²) in [6.07, 6.45) is 1.95. The van der Waals surface area contributed by atoms with Gasteiger partial charge in [-0.2, -0.15) is 0 Å². The number of carbonyl (C=O) groups excluding carboxylic acids is 2. The van der Waals surface area contributed by atoms with Crippen LogP contribution >= 0.6 is 0 Å². The molecule has 2 aromatic rings. The van der Waals surface area contributed by atoms with E-state index in [0.29, 0.717) is 12.2 Å². The first-order valence-corrected chi connectivity index (χ1v) is 8.26. The number of anilines is 2. The zero-order valence-corrected chi connectivity index (χ0v) is 14.4. The van der Waals surface area contributed by atoms with Crippen molar-refractivity contribution in [3.05, 3.63) is 59.7 Å². The summed E-state index contributed by atoms with van der Waals surface area (Å²) in [6, 6.07) is 9.98. The van der Waals surface area contributed by atoms with Gasteiger partial charge in [-0.25, -0.2) is 13.6 Å². The fraction of sp³-hybridized carbons (Fsp3) is 0.263. The molecule has 1 amide bonds. The molecule has 138 valence electrons. The second-order valence-electron chi connectivity index (χ2n) is 5.55. The monoisotopic (exact) mass is 362 g/mol. The molecule has 5 nitrogen and oxygen atoms in total. The van der Waals surface area contributed by atoms with Crippen LogP contribution in [0.15, 0.2) is 42.5 Å². The van der Waals surface area contributed by atoms with Crippen molar-refractivity contribution in [3.8, 4) is 0 Å². The normalized spacial score (nSPS) is 10.3. The summed E-state index contributed by atoms with van der Waals surface area (Å²) in [6.45, 7) is 2.10. The third kappa shape index (κ3) is 5.27. The van der Waals surface area contributed by atoms with Gasteiger partial charge < -0.3 is 15.4 Å². The molecule has 0 atom stereocenters. The summed E-state index contributed by atoms with van der Waals surface area (Å²) in [7, 11) is 0. The largest absolute Gasteiger partial charge is 0.452 e. The molecule has 2 aromatic carbocycles. The zero-order chi connectivity index (χ0) is 18.9. The zero-order valence-electron chi connectivity index (χ0n) is 14.4. The Morgan fingerprint density at radius 1 is 1.04 bits per heavy atom. The molecule has 7 heteroatoms. The van der Waals surface area contributed by atoms with Crippen molar-refractivity contribution in [2.45, 2.75) is 19.8 Å². The molecule has 0 aliphatic rings. The fourth-order valence-corrected chi connectivity index (χ4v) is 2.22. The van der Waals surface area contributed by atoms with Crippen LogP contribution in [0.25, 0.3) is 0 Å². The number of unbranched alkanes of at least 4 members (excludes halogenated alkanes) is 1. The lowest BCUT2D eigenvalue weighted by Crippen LogP contribution is -2.22. The average Bonchev–Trinajstić information content (AvgIpc) is 2.63. The lowest BCUT2D eigenvalue weighted by Gasteiger charge is -2.12. The van der Waals surface area contributed by atoms with Gasteiger partial charge in [0.2, 0.25) is 0 Å². The molecule has 2 N–H and O–H groups in total. The summed E-state index contributed by atoms with van der Waals surface area (Å²) in [5, 5.41) is 5.20. The molecule has 0 aromatic heterocycles. The van der Waals surface area contributed by atoms with E-state index in [1.807, 2.05) is 0 Å². The van der Waals surface area contributed by atoms with Gasteiger partial charge in [0.25, 0.3) is 5.91 Å². The minimum Gasteiger partial charge on any atom is -0.452 e. The quantitative estimate of drug-likeness (QED) is 0.551. The predicted octanol–water partition coefficient (Wildman–Crippen LogP) is 3.97. The number of halogens is 2. The van der Waals surface area contributed by atoms with E-state index in [0.717, 1.165) is 25.0 Å². The highest BCUT2D eigenvalue weighted by atomic mass is 19.1. The first-order valence-electron chi connectivity index (χ1n) is 8.26. The first-order chi connectivity index (χ1) is 12.5. The molecule has 0 aliphatic heterocycles. The number of carbonyl (C=O) groups is 2. The van der Waals surface area contributed by atoms with Crippen LogP contribution in [0.4, 0.5) is 20.2 Å². The minimum absolute atomic E-state index is 0.286. The lowest BCUT2D eigenvalue weighted by molar-refractivity contribution is -0.119. The fourth-order valence-electron chi connectivity index (χ4n) is 2.22. The number of rotatable bonds is 8. The number of benzene rings is 2. The van der Waals surface area contributed by atoms with Gasteiger partial charge in [-0.3, -0.25) is 4.79 Å². The van der Waals surface area contributed by atoms with E-state index in [-0.39, 0.29) is 5.56 Å². The summed E-state index contributed by atoms with van der Waals surface area (Å²) >= 11 is 0. The molecule has 2 rings (SSSR count). The molecule has 0 saturated heterocycles. The molecule has 0 bridgehead atoms. The van der Waals surface area contributed by atoms with Crippen LogP contribution in [0.5, 0.6) is 0 Å². The van der Waals surface area contributed by atoms with E-state index in [1.165, 1.54) is 6.07 Å². The van der Waals surface area contributed by atoms with Gasteiger partial charge in [0, 0.05) is 12.2 Å². The van der Waals surface area contributed by atoms with Crippen LogP contribution in [0.2, 0.25) is 0 Å². The molecular formula is C19H20F2N2O3. The Labute approximate surface area is 150 Å². The van der Waals surface area contributed by atoms with Gasteiger partial charge in [-0.05, 0) is 30.7 Å². The molecule has 0 spiro atoms. The smallest absolute Gasteiger partial charge is 0.340 e. The lowest BCUT2D eigenvalue weighted by atomic mass is 10.1. The Balaban J connectivity index is 1.95. The van der Waals surface area contributed by atoms with Crippen molar-refractivity contribution in [1.29, 1.82) is 0 Å². The highest BCUT2D eigenvalue weighted by molar-refractivity contribution is 5.98. The van der Waals surface area contributed by atoms with Gasteiger partial charge in [0.1, 0.15) is 17.3 Å². The molecule has 0 radical (unpaired) electrons. The Morgan fingerprint density at radius 2 is 1.73 bits per heavy atom. The summed E-state index contributed by atoms with van der Waals surface area (Å²) in [4.78, 5) is 24.0. The first kappa shape index (κ1) is 19.4. The van der Waals surface area contributed by atoms with E-state index in [1.54, 1.807) is 24.3 Å². The topological polar surface area (TPSA) is 67.4 Å². The van der Waals surface area contributed by atoms with Crippen molar-refractivity contribution in [2.75, 3.05) is 23.8 Å². The van der Waals surface area contributed by atoms with Gasteiger partial charge in [-0.1, -0.05) is 31.5 Å².